The van der Waals surface area contributed by atoms with E-state index in [2.05, 4.69) is 48.5 Å². The molecule has 16 heteroatoms. The Kier molecular flexibility index (Phi) is 16.8. The van der Waals surface area contributed by atoms with Crippen LogP contribution in [0.3, 0.4) is 0 Å². The van der Waals surface area contributed by atoms with E-state index in [1.54, 1.807) is 0 Å². The molecule has 0 radical (unpaired) electrons. The normalized spacial score (nSPS) is 13.0. The van der Waals surface area contributed by atoms with E-state index < -0.39 is 47.8 Å². The number of nitrogens with one attached hydrogen (secondary N) is 3. The molecule has 278 valence electrons. The van der Waals surface area contributed by atoms with Crippen molar-refractivity contribution < 1.29 is 19.2 Å². The maximum Gasteiger partial charge on any atom is 0.243 e. The average molecular weight is 826 g/mol. The van der Waals surface area contributed by atoms with Crippen LogP contribution in [0.4, 0.5) is 0 Å². The SMILES string of the molecule is NC(=O)[C@H](CCCN=C(N)N)NC(=O)[C@H](Cc1ccc(I)cc1)NC(=O)[C@H](CCCN=C(N)N)NC(=O)[C@@H](N)Cc1ccc(-c2ccccc2)cc1. The number of carbonyl (C=O) groups excluding carboxylic acids is 4. The molecule has 0 aromatic heterocycles. The third-order valence-corrected chi connectivity index (χ3v) is 8.74. The van der Waals surface area contributed by atoms with Crippen LogP contribution < -0.4 is 50.4 Å². The predicted molar refractivity (Wildman–Crippen MR) is 211 cm³/mol. The first-order chi connectivity index (χ1) is 24.8. The largest absolute Gasteiger partial charge is 0.370 e. The Morgan fingerprint density at radius 3 is 1.60 bits per heavy atom. The van der Waals surface area contributed by atoms with Gasteiger partial charge in [0.1, 0.15) is 18.1 Å². The van der Waals surface area contributed by atoms with Crippen molar-refractivity contribution in [3.63, 3.8) is 0 Å². The van der Waals surface area contributed by atoms with Gasteiger partial charge in [-0.05, 0) is 89.1 Å². The summed E-state index contributed by atoms with van der Waals surface area (Å²) in [4.78, 5) is 61.0. The number of guanidine groups is 2. The van der Waals surface area contributed by atoms with Gasteiger partial charge in [-0.3, -0.25) is 29.2 Å². The lowest BCUT2D eigenvalue weighted by Crippen LogP contribution is -2.58. The molecule has 52 heavy (non-hydrogen) atoms. The number of rotatable bonds is 20. The molecule has 3 rings (SSSR count). The molecule has 0 aliphatic heterocycles. The number of amides is 4. The molecule has 15 nitrogen and oxygen atoms in total. The van der Waals surface area contributed by atoms with Crippen molar-refractivity contribution in [1.82, 2.24) is 16.0 Å². The van der Waals surface area contributed by atoms with Gasteiger partial charge in [0.05, 0.1) is 6.04 Å². The van der Waals surface area contributed by atoms with Gasteiger partial charge in [0.15, 0.2) is 11.9 Å². The summed E-state index contributed by atoms with van der Waals surface area (Å²) in [6.45, 7) is 0.432. The van der Waals surface area contributed by atoms with Crippen molar-refractivity contribution in [2.24, 2.45) is 44.4 Å². The van der Waals surface area contributed by atoms with E-state index in [0.717, 1.165) is 25.8 Å². The zero-order chi connectivity index (χ0) is 38.0. The van der Waals surface area contributed by atoms with Crippen LogP contribution in [-0.2, 0) is 32.0 Å². The monoisotopic (exact) mass is 825 g/mol. The standard InChI is InChI=1S/C36H48IN11O4/c37-26-16-12-23(13-17-26)21-30(34(52)46-28(31(39)49)8-4-18-44-35(40)41)48-33(51)29(9-5-19-45-36(42)43)47-32(50)27(38)20-22-10-14-25(15-11-22)24-6-2-1-3-7-24/h1-3,6-7,10-17,27-30H,4-5,8-9,18-21,38H2,(H2,39,49)(H,46,52)(H,47,50)(H,48,51)(H4,40,41,44)(H4,42,43,45)/t27-,28-,29-,30-/m0/s1. The summed E-state index contributed by atoms with van der Waals surface area (Å²) in [5.41, 5.74) is 37.3. The highest BCUT2D eigenvalue weighted by Crippen LogP contribution is 2.20. The van der Waals surface area contributed by atoms with Gasteiger partial charge in [-0.1, -0.05) is 66.7 Å². The molecule has 0 saturated carbocycles. The molecule has 0 aliphatic rings. The van der Waals surface area contributed by atoms with Crippen molar-refractivity contribution in [1.29, 1.82) is 0 Å². The first-order valence-electron chi connectivity index (χ1n) is 16.8. The van der Waals surface area contributed by atoms with Crippen molar-refractivity contribution in [3.8, 4) is 11.1 Å². The highest BCUT2D eigenvalue weighted by Gasteiger charge is 2.30. The van der Waals surface area contributed by atoms with Crippen LogP contribution >= 0.6 is 22.6 Å². The molecule has 0 aliphatic carbocycles. The molecule has 4 amide bonds. The Hall–Kier alpha value is -5.23. The smallest absolute Gasteiger partial charge is 0.243 e. The summed E-state index contributed by atoms with van der Waals surface area (Å²) < 4.78 is 0.980. The van der Waals surface area contributed by atoms with Gasteiger partial charge in [0.2, 0.25) is 23.6 Å². The lowest BCUT2D eigenvalue weighted by Gasteiger charge is -2.25. The molecular formula is C36H48IN11O4. The minimum absolute atomic E-state index is 0.0845. The Balaban J connectivity index is 1.77. The second-order valence-electron chi connectivity index (χ2n) is 12.2. The molecule has 4 atom stereocenters. The molecule has 0 spiro atoms. The van der Waals surface area contributed by atoms with Crippen LogP contribution in [0.25, 0.3) is 11.1 Å². The average Bonchev–Trinajstić information content (AvgIpc) is 3.11. The van der Waals surface area contributed by atoms with Gasteiger partial charge in [0.25, 0.3) is 0 Å². The van der Waals surface area contributed by atoms with Gasteiger partial charge in [-0.25, -0.2) is 0 Å². The number of hydrogen-bond donors (Lipinski definition) is 9. The number of aliphatic imine (C=N–C) groups is 2. The lowest BCUT2D eigenvalue weighted by molar-refractivity contribution is -0.133. The van der Waals surface area contributed by atoms with Crippen LogP contribution in [0.1, 0.15) is 36.8 Å². The maximum absolute atomic E-state index is 13.9. The fourth-order valence-corrected chi connectivity index (χ4v) is 5.62. The Morgan fingerprint density at radius 1 is 0.577 bits per heavy atom. The lowest BCUT2D eigenvalue weighted by atomic mass is 10.00. The number of hydrogen-bond acceptors (Lipinski definition) is 7. The molecule has 0 bridgehead atoms. The van der Waals surface area contributed by atoms with Crippen LogP contribution in [0.15, 0.2) is 88.8 Å². The summed E-state index contributed by atoms with van der Waals surface area (Å²) in [5, 5.41) is 8.18. The number of halogens is 1. The molecule has 15 N–H and O–H groups in total. The summed E-state index contributed by atoms with van der Waals surface area (Å²) in [6.07, 6.45) is 1.30. The van der Waals surface area contributed by atoms with Crippen molar-refractivity contribution >= 4 is 58.1 Å². The van der Waals surface area contributed by atoms with Crippen molar-refractivity contribution in [3.05, 3.63) is 93.6 Å². The molecule has 3 aromatic carbocycles. The Bertz CT molecular complexity index is 1680. The quantitative estimate of drug-likeness (QED) is 0.0323. The van der Waals surface area contributed by atoms with Crippen LogP contribution in [0.2, 0.25) is 0 Å². The first-order valence-corrected chi connectivity index (χ1v) is 17.9. The minimum atomic E-state index is -1.14. The fourth-order valence-electron chi connectivity index (χ4n) is 5.26. The van der Waals surface area contributed by atoms with E-state index in [9.17, 15) is 19.2 Å². The molecule has 0 saturated heterocycles. The number of benzene rings is 3. The highest BCUT2D eigenvalue weighted by atomic mass is 127. The van der Waals surface area contributed by atoms with Crippen molar-refractivity contribution in [2.75, 3.05) is 13.1 Å². The van der Waals surface area contributed by atoms with E-state index in [1.807, 2.05) is 78.9 Å². The Labute approximate surface area is 317 Å². The van der Waals surface area contributed by atoms with Gasteiger partial charge < -0.3 is 50.4 Å². The van der Waals surface area contributed by atoms with Crippen LogP contribution in [0.5, 0.6) is 0 Å². The van der Waals surface area contributed by atoms with Crippen LogP contribution in [-0.4, -0.2) is 72.8 Å². The number of primary amides is 1. The minimum Gasteiger partial charge on any atom is -0.370 e. The van der Waals surface area contributed by atoms with E-state index in [1.165, 1.54) is 0 Å². The maximum atomic E-state index is 13.9. The van der Waals surface area contributed by atoms with Gasteiger partial charge in [-0.2, -0.15) is 0 Å². The topological polar surface area (TPSA) is 285 Å². The highest BCUT2D eigenvalue weighted by molar-refractivity contribution is 14.1. The van der Waals surface area contributed by atoms with Gasteiger partial charge in [0, 0.05) is 23.1 Å². The van der Waals surface area contributed by atoms with E-state index in [4.69, 9.17) is 34.4 Å². The van der Waals surface area contributed by atoms with E-state index in [-0.39, 0.29) is 50.7 Å². The number of carbonyl (C=O) groups is 4. The zero-order valence-corrected chi connectivity index (χ0v) is 31.0. The summed E-state index contributed by atoms with van der Waals surface area (Å²) >= 11 is 2.16. The third-order valence-electron chi connectivity index (χ3n) is 8.02. The van der Waals surface area contributed by atoms with Crippen LogP contribution in [0, 0.1) is 3.57 Å². The van der Waals surface area contributed by atoms with Crippen molar-refractivity contribution in [2.45, 2.75) is 62.7 Å². The van der Waals surface area contributed by atoms with Gasteiger partial charge in [-0.15, -0.1) is 0 Å². The van der Waals surface area contributed by atoms with E-state index in [0.29, 0.717) is 12.8 Å². The second kappa shape index (κ2) is 21.2. The number of nitrogens with two attached hydrogens (primary N) is 6. The Morgan fingerprint density at radius 2 is 1.04 bits per heavy atom. The molecule has 0 unspecified atom stereocenters. The first kappa shape index (κ1) is 41.2. The summed E-state index contributed by atoms with van der Waals surface area (Å²) in [7, 11) is 0. The third kappa shape index (κ3) is 14.6. The predicted octanol–water partition coefficient (Wildman–Crippen LogP) is 0.118. The summed E-state index contributed by atoms with van der Waals surface area (Å²) in [5.74, 6) is -2.79. The number of nitrogens with zero attached hydrogens (tertiary/aromatic N) is 2. The fraction of sp³-hybridized carbons (Fsp3) is 0.333. The molecule has 3 aromatic rings. The molecule has 0 fully saturated rings. The van der Waals surface area contributed by atoms with Gasteiger partial charge >= 0.3 is 0 Å². The van der Waals surface area contributed by atoms with E-state index >= 15 is 0 Å². The zero-order valence-electron chi connectivity index (χ0n) is 28.8. The molecular weight excluding hydrogens is 777 g/mol. The second-order valence-corrected chi connectivity index (χ2v) is 13.4. The molecule has 0 heterocycles. The summed E-state index contributed by atoms with van der Waals surface area (Å²) in [6, 6.07) is 20.8.